The molecule has 1 aromatic heterocycles. The van der Waals surface area contributed by atoms with E-state index in [1.807, 2.05) is 36.4 Å². The molecule has 28 heavy (non-hydrogen) atoms. The van der Waals surface area contributed by atoms with Gasteiger partial charge in [0.1, 0.15) is 5.01 Å². The van der Waals surface area contributed by atoms with E-state index in [-0.39, 0.29) is 0 Å². The SMILES string of the molecule is C=CCCNc1ccc(/C=C/C=C/c2nc3cc(OC)c(OC)cc3s2)cc1. The first-order valence-corrected chi connectivity index (χ1v) is 9.87. The smallest absolute Gasteiger partial charge is 0.162 e. The Balaban J connectivity index is 1.64. The number of hydrogen-bond acceptors (Lipinski definition) is 5. The first-order chi connectivity index (χ1) is 13.7. The van der Waals surface area contributed by atoms with Crippen molar-refractivity contribution in [3.05, 3.63) is 71.8 Å². The molecule has 0 unspecified atom stereocenters. The summed E-state index contributed by atoms with van der Waals surface area (Å²) in [6, 6.07) is 12.2. The molecule has 1 heterocycles. The second kappa shape index (κ2) is 9.76. The first kappa shape index (κ1) is 19.7. The summed E-state index contributed by atoms with van der Waals surface area (Å²) in [5, 5.41) is 4.30. The quantitative estimate of drug-likeness (QED) is 0.274. The molecule has 0 aliphatic heterocycles. The third-order valence-corrected chi connectivity index (χ3v) is 5.12. The van der Waals surface area contributed by atoms with Crippen LogP contribution in [-0.2, 0) is 0 Å². The van der Waals surface area contributed by atoms with Crippen LogP contribution in [0.2, 0.25) is 0 Å². The number of allylic oxidation sites excluding steroid dienone is 2. The van der Waals surface area contributed by atoms with E-state index in [0.717, 1.165) is 45.2 Å². The van der Waals surface area contributed by atoms with Gasteiger partial charge in [0.2, 0.25) is 0 Å². The van der Waals surface area contributed by atoms with Crippen molar-refractivity contribution in [2.24, 2.45) is 0 Å². The summed E-state index contributed by atoms with van der Waals surface area (Å²) < 4.78 is 11.8. The van der Waals surface area contributed by atoms with Crippen LogP contribution in [0, 0.1) is 0 Å². The Kier molecular flexibility index (Phi) is 6.87. The molecule has 0 amide bonds. The molecular formula is C23H24N2O2S. The number of anilines is 1. The molecule has 0 saturated heterocycles. The van der Waals surface area contributed by atoms with Crippen LogP contribution >= 0.6 is 11.3 Å². The maximum absolute atomic E-state index is 5.35. The highest BCUT2D eigenvalue weighted by molar-refractivity contribution is 7.19. The Morgan fingerprint density at radius 3 is 2.46 bits per heavy atom. The van der Waals surface area contributed by atoms with Crippen molar-refractivity contribution < 1.29 is 9.47 Å². The second-order valence-corrected chi connectivity index (χ2v) is 7.13. The average molecular weight is 393 g/mol. The zero-order valence-electron chi connectivity index (χ0n) is 16.1. The molecule has 4 nitrogen and oxygen atoms in total. The molecule has 0 aliphatic carbocycles. The summed E-state index contributed by atoms with van der Waals surface area (Å²) in [5.41, 5.74) is 3.18. The highest BCUT2D eigenvalue weighted by Gasteiger charge is 2.09. The topological polar surface area (TPSA) is 43.4 Å². The van der Waals surface area contributed by atoms with Gasteiger partial charge in [0.25, 0.3) is 0 Å². The molecule has 0 radical (unpaired) electrons. The Bertz CT molecular complexity index is 947. The van der Waals surface area contributed by atoms with Gasteiger partial charge in [-0.15, -0.1) is 17.9 Å². The van der Waals surface area contributed by atoms with Gasteiger partial charge in [-0.05, 0) is 30.2 Å². The van der Waals surface area contributed by atoms with E-state index < -0.39 is 0 Å². The fourth-order valence-electron chi connectivity index (χ4n) is 2.68. The number of benzene rings is 2. The summed E-state index contributed by atoms with van der Waals surface area (Å²) in [6.45, 7) is 4.63. The van der Waals surface area contributed by atoms with Gasteiger partial charge in [-0.2, -0.15) is 0 Å². The number of nitrogens with one attached hydrogen (secondary N) is 1. The van der Waals surface area contributed by atoms with Crippen LogP contribution in [0.1, 0.15) is 17.0 Å². The lowest BCUT2D eigenvalue weighted by molar-refractivity contribution is 0.356. The summed E-state index contributed by atoms with van der Waals surface area (Å²) in [4.78, 5) is 4.64. The van der Waals surface area contributed by atoms with E-state index in [0.29, 0.717) is 5.75 Å². The highest BCUT2D eigenvalue weighted by atomic mass is 32.1. The molecule has 0 aliphatic rings. The third kappa shape index (κ3) is 5.02. The van der Waals surface area contributed by atoms with Crippen LogP contribution < -0.4 is 14.8 Å². The molecule has 0 spiro atoms. The average Bonchev–Trinajstić information content (AvgIpc) is 3.13. The van der Waals surface area contributed by atoms with Crippen molar-refractivity contribution in [3.63, 3.8) is 0 Å². The number of thiazole rings is 1. The summed E-state index contributed by atoms with van der Waals surface area (Å²) in [5.74, 6) is 1.41. The van der Waals surface area contributed by atoms with Gasteiger partial charge in [0.05, 0.1) is 24.4 Å². The van der Waals surface area contributed by atoms with Crippen molar-refractivity contribution in [1.29, 1.82) is 0 Å². The van der Waals surface area contributed by atoms with E-state index in [2.05, 4.69) is 47.2 Å². The van der Waals surface area contributed by atoms with Crippen LogP contribution in [0.4, 0.5) is 5.69 Å². The van der Waals surface area contributed by atoms with Crippen LogP contribution in [0.15, 0.2) is 61.2 Å². The fraction of sp³-hybridized carbons (Fsp3) is 0.174. The molecule has 0 saturated carbocycles. The predicted molar refractivity (Wildman–Crippen MR) is 121 cm³/mol. The molecule has 144 valence electrons. The van der Waals surface area contributed by atoms with Crippen LogP contribution in [-0.4, -0.2) is 25.7 Å². The number of rotatable bonds is 9. The first-order valence-electron chi connectivity index (χ1n) is 9.05. The largest absolute Gasteiger partial charge is 0.493 e. The molecule has 3 rings (SSSR count). The van der Waals surface area contributed by atoms with Gasteiger partial charge in [0.15, 0.2) is 11.5 Å². The number of aromatic nitrogens is 1. The van der Waals surface area contributed by atoms with Crippen molar-refractivity contribution in [2.45, 2.75) is 6.42 Å². The zero-order valence-corrected chi connectivity index (χ0v) is 17.0. The van der Waals surface area contributed by atoms with Gasteiger partial charge in [0, 0.05) is 24.4 Å². The maximum Gasteiger partial charge on any atom is 0.162 e. The lowest BCUT2D eigenvalue weighted by Crippen LogP contribution is -1.99. The van der Waals surface area contributed by atoms with E-state index in [9.17, 15) is 0 Å². The van der Waals surface area contributed by atoms with E-state index in [4.69, 9.17) is 9.47 Å². The Hall–Kier alpha value is -3.05. The van der Waals surface area contributed by atoms with Crippen LogP contribution in [0.3, 0.4) is 0 Å². The minimum atomic E-state index is 0.693. The van der Waals surface area contributed by atoms with Gasteiger partial charge >= 0.3 is 0 Å². The second-order valence-electron chi connectivity index (χ2n) is 6.07. The maximum atomic E-state index is 5.35. The Morgan fingerprint density at radius 2 is 1.75 bits per heavy atom. The standard InChI is InChI=1S/C23H24N2O2S/c1-4-5-14-24-18-12-10-17(11-13-18)8-6-7-9-23-25-19-15-20(26-2)21(27-3)16-22(19)28-23/h4,6-13,15-16,24H,1,5,14H2,2-3H3/b8-6+,9-7+. The molecular weight excluding hydrogens is 368 g/mol. The lowest BCUT2D eigenvalue weighted by Gasteiger charge is -2.05. The van der Waals surface area contributed by atoms with Gasteiger partial charge in [-0.3, -0.25) is 0 Å². The minimum absolute atomic E-state index is 0.693. The zero-order chi connectivity index (χ0) is 19.8. The number of fused-ring (bicyclic) bond motifs is 1. The van der Waals surface area contributed by atoms with E-state index in [1.54, 1.807) is 25.6 Å². The molecule has 2 aromatic carbocycles. The lowest BCUT2D eigenvalue weighted by atomic mass is 10.2. The summed E-state index contributed by atoms with van der Waals surface area (Å²) in [7, 11) is 3.27. The van der Waals surface area contributed by atoms with Crippen LogP contribution in [0.5, 0.6) is 11.5 Å². The van der Waals surface area contributed by atoms with Crippen molar-refractivity contribution in [2.75, 3.05) is 26.1 Å². The van der Waals surface area contributed by atoms with Crippen molar-refractivity contribution >= 4 is 39.4 Å². The third-order valence-electron chi connectivity index (χ3n) is 4.14. The molecule has 0 bridgehead atoms. The monoisotopic (exact) mass is 392 g/mol. The van der Waals surface area contributed by atoms with Crippen LogP contribution in [0.25, 0.3) is 22.4 Å². The summed E-state index contributed by atoms with van der Waals surface area (Å²) >= 11 is 1.62. The Labute approximate surface area is 169 Å². The normalized spacial score (nSPS) is 11.4. The van der Waals surface area contributed by atoms with Gasteiger partial charge < -0.3 is 14.8 Å². The van der Waals surface area contributed by atoms with Gasteiger partial charge in [-0.25, -0.2) is 4.98 Å². The predicted octanol–water partition coefficient (Wildman–Crippen LogP) is 6.03. The molecule has 5 heteroatoms. The number of hydrogen-bond donors (Lipinski definition) is 1. The fourth-order valence-corrected chi connectivity index (χ4v) is 3.57. The Morgan fingerprint density at radius 1 is 1.04 bits per heavy atom. The molecule has 3 aromatic rings. The summed E-state index contributed by atoms with van der Waals surface area (Å²) in [6.07, 6.45) is 11.0. The molecule has 0 atom stereocenters. The van der Waals surface area contributed by atoms with E-state index >= 15 is 0 Å². The molecule has 1 N–H and O–H groups in total. The minimum Gasteiger partial charge on any atom is -0.493 e. The molecule has 0 fully saturated rings. The van der Waals surface area contributed by atoms with E-state index in [1.165, 1.54) is 0 Å². The number of methoxy groups -OCH3 is 2. The number of ether oxygens (including phenoxy) is 2. The van der Waals surface area contributed by atoms with Crippen molar-refractivity contribution in [3.8, 4) is 11.5 Å². The van der Waals surface area contributed by atoms with Gasteiger partial charge in [-0.1, -0.05) is 36.4 Å². The highest BCUT2D eigenvalue weighted by Crippen LogP contribution is 2.34. The number of nitrogens with zero attached hydrogens (tertiary/aromatic N) is 1. The van der Waals surface area contributed by atoms with Crippen molar-refractivity contribution in [1.82, 2.24) is 4.98 Å².